The molecular weight excluding hydrogens is 1270 g/mol. The van der Waals surface area contributed by atoms with Crippen molar-refractivity contribution in [3.8, 4) is 157 Å². The Hall–Kier alpha value is -13.0. The summed E-state index contributed by atoms with van der Waals surface area (Å²) in [5.41, 5.74) is 31.0. The summed E-state index contributed by atoms with van der Waals surface area (Å²) in [5.74, 6) is 3.26. The lowest BCUT2D eigenvalue weighted by Crippen LogP contribution is -1.99. The van der Waals surface area contributed by atoms with Gasteiger partial charge in [-0.2, -0.15) is 0 Å². The fourth-order valence-electron chi connectivity index (χ4n) is 18.6. The van der Waals surface area contributed by atoms with E-state index in [0.29, 0.717) is 0 Å². The van der Waals surface area contributed by atoms with Crippen LogP contribution in [0.2, 0.25) is 0 Å². The molecule has 0 aromatic heterocycles. The topological polar surface area (TPSA) is 36.9 Å². The Bertz CT molecular complexity index is 6430. The third kappa shape index (κ3) is 8.42. The van der Waals surface area contributed by atoms with Gasteiger partial charge in [0, 0.05) is 0 Å². The van der Waals surface area contributed by atoms with Crippen molar-refractivity contribution < 1.29 is 18.9 Å². The van der Waals surface area contributed by atoms with Crippen molar-refractivity contribution in [1.82, 2.24) is 0 Å². The molecule has 19 aromatic rings. The van der Waals surface area contributed by atoms with Crippen LogP contribution in [0.25, 0.3) is 220 Å². The summed E-state index contributed by atoms with van der Waals surface area (Å²) in [7, 11) is 6.98. The third-order valence-corrected chi connectivity index (χ3v) is 23.0. The zero-order valence-electron chi connectivity index (χ0n) is 58.3. The molecule has 4 heteroatoms. The second-order valence-corrected chi connectivity index (χ2v) is 28.3. The van der Waals surface area contributed by atoms with E-state index in [-0.39, 0.29) is 0 Å². The summed E-state index contributed by atoms with van der Waals surface area (Å²) < 4.78 is 23.5. The van der Waals surface area contributed by atoms with E-state index < -0.39 is 0 Å². The predicted molar refractivity (Wildman–Crippen MR) is 437 cm³/mol. The van der Waals surface area contributed by atoms with Gasteiger partial charge in [-0.1, -0.05) is 254 Å². The van der Waals surface area contributed by atoms with Crippen molar-refractivity contribution in [2.45, 2.75) is 13.8 Å². The minimum Gasteiger partial charge on any atom is -0.497 e. The SMILES string of the molecule is COc1ccc(-c2c(-c3ccc(OC)cc3)c(-c3ccccc3)c3c(c2-c2ccccc2)-c2ccc4c5ccc6c7ccc8c9c(ccc(c%10ccc(c%11ccc-3c2c4%11)c5c6%10)c97)-c2c-8c(-c3ccc(OC)cc3)c3c(-c4cccc(C)c4)ccc(-c4cccc(C)c4)c3c2-c2ccc(OC)cc2)cc1. The molecule has 2 aliphatic carbocycles. The first kappa shape index (κ1) is 59.8. The van der Waals surface area contributed by atoms with Gasteiger partial charge < -0.3 is 18.9 Å². The molecule has 0 radical (unpaired) electrons. The monoisotopic (exact) mass is 1330 g/mol. The number of rotatable bonds is 12. The number of hydrogen-bond acceptors (Lipinski definition) is 4. The Balaban J connectivity index is 0.856. The van der Waals surface area contributed by atoms with Gasteiger partial charge >= 0.3 is 0 Å². The smallest absolute Gasteiger partial charge is 0.118 e. The van der Waals surface area contributed by atoms with Crippen LogP contribution < -0.4 is 18.9 Å². The minimum atomic E-state index is 0.812. The molecule has 0 heterocycles. The fourth-order valence-corrected chi connectivity index (χ4v) is 18.6. The molecule has 104 heavy (non-hydrogen) atoms. The average molecular weight is 1330 g/mol. The number of benzene rings is 19. The summed E-state index contributed by atoms with van der Waals surface area (Å²) in [4.78, 5) is 0. The van der Waals surface area contributed by atoms with Crippen molar-refractivity contribution >= 4 is 86.2 Å². The highest BCUT2D eigenvalue weighted by Crippen LogP contribution is 2.65. The van der Waals surface area contributed by atoms with Gasteiger partial charge in [0.25, 0.3) is 0 Å². The van der Waals surface area contributed by atoms with Gasteiger partial charge in [-0.25, -0.2) is 0 Å². The Kier molecular flexibility index (Phi) is 13.1. The largest absolute Gasteiger partial charge is 0.497 e. The first-order chi connectivity index (χ1) is 51.3. The van der Waals surface area contributed by atoms with E-state index in [9.17, 15) is 0 Å². The zero-order valence-corrected chi connectivity index (χ0v) is 58.3. The molecule has 0 spiro atoms. The van der Waals surface area contributed by atoms with Crippen LogP contribution >= 0.6 is 0 Å². The highest BCUT2D eigenvalue weighted by molar-refractivity contribution is 6.46. The van der Waals surface area contributed by atoms with E-state index in [1.165, 1.54) is 197 Å². The van der Waals surface area contributed by atoms with Crippen LogP contribution in [0.1, 0.15) is 11.1 Å². The Morgan fingerprint density at radius 2 is 0.394 bits per heavy atom. The van der Waals surface area contributed by atoms with Gasteiger partial charge in [-0.05, 0) is 282 Å². The molecule has 0 aliphatic heterocycles. The predicted octanol–water partition coefficient (Wildman–Crippen LogP) is 27.1. The lowest BCUT2D eigenvalue weighted by molar-refractivity contribution is 0.414. The van der Waals surface area contributed by atoms with Gasteiger partial charge in [-0.15, -0.1) is 0 Å². The van der Waals surface area contributed by atoms with E-state index >= 15 is 0 Å². The number of fused-ring (bicyclic) bond motifs is 11. The molecule has 0 fully saturated rings. The molecule has 0 amide bonds. The highest BCUT2D eigenvalue weighted by atomic mass is 16.5. The third-order valence-electron chi connectivity index (χ3n) is 23.0. The van der Waals surface area contributed by atoms with Gasteiger partial charge in [0.1, 0.15) is 23.0 Å². The zero-order chi connectivity index (χ0) is 69.3. The Morgan fingerprint density at radius 1 is 0.163 bits per heavy atom. The maximum Gasteiger partial charge on any atom is 0.118 e. The second-order valence-electron chi connectivity index (χ2n) is 28.3. The maximum atomic E-state index is 5.91. The second kappa shape index (κ2) is 22.7. The standard InChI is InChI=1S/C100H66O4/c1-55-15-13-21-63(53-55)69-39-40-70(64-22-14-16-56(2)54-64)96-88(62-29-37-68(104-6)38-30-62)100-82-52-48-78-74-44-42-72-76-46-50-80-93-79(49-45-75(91(76)93)71-41-43-73(90(74)89(71)72)77-47-51-81(94(82)92(77)78)99(100)87(95(69)96)61-27-35-67(103-5)36-28-61)97-85(57-17-9-7-10-18-57)83(59-23-31-65(101-3)32-24-59)84(60-25-33-66(102-4)34-26-60)86(98(80)97)58-19-11-8-12-20-58/h7-54H,1-6H3. The van der Waals surface area contributed by atoms with Crippen LogP contribution in [-0.4, -0.2) is 28.4 Å². The molecule has 490 valence electrons. The van der Waals surface area contributed by atoms with Crippen LogP contribution in [0.3, 0.4) is 0 Å². The van der Waals surface area contributed by atoms with E-state index in [0.717, 1.165) is 56.4 Å². The molecular formula is C100H66O4. The van der Waals surface area contributed by atoms with Gasteiger partial charge in [0.2, 0.25) is 0 Å². The van der Waals surface area contributed by atoms with Crippen LogP contribution in [0.5, 0.6) is 23.0 Å². The van der Waals surface area contributed by atoms with Gasteiger partial charge in [0.15, 0.2) is 0 Å². The molecule has 21 rings (SSSR count). The Morgan fingerprint density at radius 3 is 0.683 bits per heavy atom. The normalized spacial score (nSPS) is 12.1. The summed E-state index contributed by atoms with van der Waals surface area (Å²) in [6.07, 6.45) is 0. The van der Waals surface area contributed by atoms with Crippen LogP contribution in [0.4, 0.5) is 0 Å². The summed E-state index contributed by atoms with van der Waals surface area (Å²) in [6, 6.07) is 109. The van der Waals surface area contributed by atoms with Crippen molar-refractivity contribution in [2.24, 2.45) is 0 Å². The number of ether oxygens (including phenoxy) is 4. The molecule has 0 bridgehead atoms. The molecule has 0 saturated carbocycles. The molecule has 2 aliphatic rings. The lowest BCUT2D eigenvalue weighted by Gasteiger charge is -2.26. The highest BCUT2D eigenvalue weighted by Gasteiger charge is 2.38. The first-order valence-corrected chi connectivity index (χ1v) is 35.8. The molecule has 0 atom stereocenters. The minimum absolute atomic E-state index is 0.812. The van der Waals surface area contributed by atoms with Crippen molar-refractivity contribution in [2.75, 3.05) is 28.4 Å². The van der Waals surface area contributed by atoms with E-state index in [1.54, 1.807) is 28.4 Å². The summed E-state index contributed by atoms with van der Waals surface area (Å²) >= 11 is 0. The molecule has 4 nitrogen and oxygen atoms in total. The van der Waals surface area contributed by atoms with E-state index in [1.807, 2.05) is 0 Å². The quantitative estimate of drug-likeness (QED) is 0.0902. The van der Waals surface area contributed by atoms with Gasteiger partial charge in [0.05, 0.1) is 28.4 Å². The van der Waals surface area contributed by atoms with Crippen molar-refractivity contribution in [3.63, 3.8) is 0 Å². The van der Waals surface area contributed by atoms with Crippen LogP contribution in [0, 0.1) is 13.8 Å². The van der Waals surface area contributed by atoms with Crippen molar-refractivity contribution in [1.29, 1.82) is 0 Å². The van der Waals surface area contributed by atoms with Crippen LogP contribution in [-0.2, 0) is 0 Å². The van der Waals surface area contributed by atoms with Gasteiger partial charge in [-0.3, -0.25) is 0 Å². The fraction of sp³-hybridized carbons (Fsp3) is 0.0600. The van der Waals surface area contributed by atoms with Crippen molar-refractivity contribution in [3.05, 3.63) is 302 Å². The molecule has 0 saturated heterocycles. The number of hydrogen-bond donors (Lipinski definition) is 0. The molecule has 0 N–H and O–H groups in total. The van der Waals surface area contributed by atoms with E-state index in [4.69, 9.17) is 18.9 Å². The summed E-state index contributed by atoms with van der Waals surface area (Å²) in [6.45, 7) is 4.40. The van der Waals surface area contributed by atoms with Crippen LogP contribution in [0.15, 0.2) is 291 Å². The van der Waals surface area contributed by atoms with E-state index in [2.05, 4.69) is 305 Å². The number of aryl methyl sites for hydroxylation is 2. The molecule has 19 aromatic carbocycles. The first-order valence-electron chi connectivity index (χ1n) is 35.8. The number of methoxy groups -OCH3 is 4. The average Bonchev–Trinajstić information content (AvgIpc) is 1.18. The Labute approximate surface area is 602 Å². The maximum absolute atomic E-state index is 5.91. The summed E-state index contributed by atoms with van der Waals surface area (Å²) in [5, 5.41) is 20.2. The lowest BCUT2D eigenvalue weighted by atomic mass is 9.76. The molecule has 0 unspecified atom stereocenters.